The molecular weight excluding hydrogens is 459 g/mol. The molecule has 0 spiro atoms. The average molecular weight is 506 g/mol. The molecule has 0 N–H and O–H groups in total. The molecule has 2 nitrogen and oxygen atoms in total. The zero-order chi connectivity index (χ0) is 25.3. The van der Waals surface area contributed by atoms with E-state index in [4.69, 9.17) is 9.47 Å². The minimum absolute atomic E-state index is 0.0158. The summed E-state index contributed by atoms with van der Waals surface area (Å²) in [5.74, 6) is 0. The fourth-order valence-corrected chi connectivity index (χ4v) is 9.37. The predicted molar refractivity (Wildman–Crippen MR) is 159 cm³/mol. The van der Waals surface area contributed by atoms with Gasteiger partial charge in [0.05, 0.1) is 6.16 Å². The number of benzene rings is 3. The second-order valence-corrected chi connectivity index (χ2v) is 13.2. The van der Waals surface area contributed by atoms with E-state index in [2.05, 4.69) is 105 Å². The topological polar surface area (TPSA) is 18.5 Å². The van der Waals surface area contributed by atoms with Crippen molar-refractivity contribution < 1.29 is 9.47 Å². The maximum Gasteiger partial charge on any atom is 0.157 e. The van der Waals surface area contributed by atoms with Crippen LogP contribution in [0.1, 0.15) is 71.6 Å². The SMILES string of the molecule is CCCOC(CCCCCCCC[P+](c1ccccc1)(c1ccccc1)c1ccccc1)OCCC. The van der Waals surface area contributed by atoms with Gasteiger partial charge in [0.15, 0.2) is 6.29 Å². The monoisotopic (exact) mass is 505 g/mol. The van der Waals surface area contributed by atoms with E-state index in [1.807, 2.05) is 0 Å². The summed E-state index contributed by atoms with van der Waals surface area (Å²) in [5, 5.41) is 4.48. The van der Waals surface area contributed by atoms with Crippen LogP contribution < -0.4 is 15.9 Å². The van der Waals surface area contributed by atoms with Crippen LogP contribution >= 0.6 is 7.26 Å². The normalized spacial score (nSPS) is 11.8. The molecule has 3 heteroatoms. The molecular formula is C33H46O2P+. The second-order valence-electron chi connectivity index (χ2n) is 9.62. The van der Waals surface area contributed by atoms with Crippen LogP contribution in [0.25, 0.3) is 0 Å². The third-order valence-corrected chi connectivity index (χ3v) is 11.3. The first-order valence-electron chi connectivity index (χ1n) is 14.1. The zero-order valence-electron chi connectivity index (χ0n) is 22.5. The van der Waals surface area contributed by atoms with Crippen LogP contribution in [-0.2, 0) is 9.47 Å². The number of unbranched alkanes of at least 4 members (excludes halogenated alkanes) is 5. The Morgan fingerprint density at radius 3 is 1.33 bits per heavy atom. The third-order valence-electron chi connectivity index (χ3n) is 6.79. The molecule has 0 radical (unpaired) electrons. The summed E-state index contributed by atoms with van der Waals surface area (Å²) in [7, 11) is -1.68. The Balaban J connectivity index is 1.58. The highest BCUT2D eigenvalue weighted by Crippen LogP contribution is 2.56. The van der Waals surface area contributed by atoms with E-state index in [-0.39, 0.29) is 6.29 Å². The Bertz CT molecular complexity index is 825. The lowest BCUT2D eigenvalue weighted by atomic mass is 10.1. The maximum absolute atomic E-state index is 5.88. The molecule has 0 saturated heterocycles. The van der Waals surface area contributed by atoms with Crippen molar-refractivity contribution in [1.29, 1.82) is 0 Å². The average Bonchev–Trinajstić information content (AvgIpc) is 2.95. The van der Waals surface area contributed by atoms with E-state index in [1.165, 1.54) is 60.6 Å². The van der Waals surface area contributed by atoms with Gasteiger partial charge in [-0.1, -0.05) is 87.7 Å². The Kier molecular flexibility index (Phi) is 13.3. The van der Waals surface area contributed by atoms with Gasteiger partial charge >= 0.3 is 0 Å². The molecule has 0 unspecified atom stereocenters. The Labute approximate surface area is 220 Å². The van der Waals surface area contributed by atoms with Crippen LogP contribution in [0, 0.1) is 0 Å². The first-order chi connectivity index (χ1) is 17.8. The van der Waals surface area contributed by atoms with Gasteiger partial charge in [-0.15, -0.1) is 0 Å². The van der Waals surface area contributed by atoms with E-state index in [1.54, 1.807) is 0 Å². The lowest BCUT2D eigenvalue weighted by molar-refractivity contribution is -0.146. The van der Waals surface area contributed by atoms with E-state index < -0.39 is 7.26 Å². The van der Waals surface area contributed by atoms with Gasteiger partial charge in [-0.2, -0.15) is 0 Å². The predicted octanol–water partition coefficient (Wildman–Crippen LogP) is 7.89. The molecule has 0 fully saturated rings. The molecule has 0 aliphatic carbocycles. The van der Waals surface area contributed by atoms with Gasteiger partial charge < -0.3 is 9.47 Å². The second kappa shape index (κ2) is 16.7. The Morgan fingerprint density at radius 2 is 0.917 bits per heavy atom. The summed E-state index contributed by atoms with van der Waals surface area (Å²) in [6, 6.07) is 33.8. The molecule has 3 aromatic carbocycles. The largest absolute Gasteiger partial charge is 0.353 e. The highest BCUT2D eigenvalue weighted by molar-refractivity contribution is 7.95. The molecule has 0 bridgehead atoms. The van der Waals surface area contributed by atoms with Crippen molar-refractivity contribution >= 4 is 23.2 Å². The van der Waals surface area contributed by atoms with Crippen LogP contribution in [0.3, 0.4) is 0 Å². The van der Waals surface area contributed by atoms with Crippen molar-refractivity contribution in [3.8, 4) is 0 Å². The van der Waals surface area contributed by atoms with Gasteiger partial charge in [0, 0.05) is 13.2 Å². The smallest absolute Gasteiger partial charge is 0.157 e. The van der Waals surface area contributed by atoms with Crippen molar-refractivity contribution in [2.75, 3.05) is 19.4 Å². The lowest BCUT2D eigenvalue weighted by Crippen LogP contribution is -2.33. The van der Waals surface area contributed by atoms with Gasteiger partial charge in [-0.05, 0) is 74.9 Å². The van der Waals surface area contributed by atoms with Gasteiger partial charge in [0.25, 0.3) is 0 Å². The summed E-state index contributed by atoms with van der Waals surface area (Å²) in [6.45, 7) is 5.90. The van der Waals surface area contributed by atoms with Gasteiger partial charge in [-0.25, -0.2) is 0 Å². The third kappa shape index (κ3) is 8.55. The highest BCUT2D eigenvalue weighted by atomic mass is 31.2. The van der Waals surface area contributed by atoms with E-state index >= 15 is 0 Å². The Hall–Kier alpha value is -1.99. The summed E-state index contributed by atoms with van der Waals surface area (Å²) < 4.78 is 11.8. The number of rotatable bonds is 18. The molecule has 0 saturated carbocycles. The Morgan fingerprint density at radius 1 is 0.528 bits per heavy atom. The minimum Gasteiger partial charge on any atom is -0.353 e. The number of ether oxygens (including phenoxy) is 2. The van der Waals surface area contributed by atoms with E-state index in [9.17, 15) is 0 Å². The summed E-state index contributed by atoms with van der Waals surface area (Å²) in [4.78, 5) is 0. The fraction of sp³-hybridized carbons (Fsp3) is 0.455. The van der Waals surface area contributed by atoms with Crippen LogP contribution in [0.2, 0.25) is 0 Å². The molecule has 0 aromatic heterocycles. The quantitative estimate of drug-likeness (QED) is 0.0994. The summed E-state index contributed by atoms with van der Waals surface area (Å²) in [6.07, 6.45) is 11.9. The summed E-state index contributed by atoms with van der Waals surface area (Å²) in [5.41, 5.74) is 0. The molecule has 0 atom stereocenters. The van der Waals surface area contributed by atoms with Gasteiger partial charge in [0.1, 0.15) is 23.2 Å². The minimum atomic E-state index is -1.68. The van der Waals surface area contributed by atoms with Crippen molar-refractivity contribution in [2.45, 2.75) is 77.9 Å². The fourth-order valence-electron chi connectivity index (χ4n) is 4.96. The maximum atomic E-state index is 5.88. The van der Waals surface area contributed by atoms with Crippen molar-refractivity contribution in [3.05, 3.63) is 91.0 Å². The van der Waals surface area contributed by atoms with Gasteiger partial charge in [0.2, 0.25) is 0 Å². The number of hydrogen-bond donors (Lipinski definition) is 0. The zero-order valence-corrected chi connectivity index (χ0v) is 23.4. The van der Waals surface area contributed by atoms with Crippen molar-refractivity contribution in [1.82, 2.24) is 0 Å². The molecule has 36 heavy (non-hydrogen) atoms. The van der Waals surface area contributed by atoms with E-state index in [0.29, 0.717) is 0 Å². The first-order valence-corrected chi connectivity index (χ1v) is 16.1. The number of hydrogen-bond acceptors (Lipinski definition) is 2. The van der Waals surface area contributed by atoms with Crippen LogP contribution in [-0.4, -0.2) is 25.7 Å². The molecule has 0 heterocycles. The van der Waals surface area contributed by atoms with Crippen molar-refractivity contribution in [3.63, 3.8) is 0 Å². The van der Waals surface area contributed by atoms with Crippen LogP contribution in [0.15, 0.2) is 91.0 Å². The molecule has 3 aromatic rings. The standard InChI is InChI=1S/C33H46O2P/c1-3-27-34-33(35-28-4-2)26-18-7-5-6-8-19-29-36(30-20-12-9-13-21-30,31-22-14-10-15-23-31)32-24-16-11-17-25-32/h9-17,20-25,33H,3-8,18-19,26-29H2,1-2H3/q+1. The molecule has 194 valence electrons. The van der Waals surface area contributed by atoms with Crippen LogP contribution in [0.5, 0.6) is 0 Å². The van der Waals surface area contributed by atoms with Crippen LogP contribution in [0.4, 0.5) is 0 Å². The molecule has 0 amide bonds. The van der Waals surface area contributed by atoms with Gasteiger partial charge in [-0.3, -0.25) is 0 Å². The summed E-state index contributed by atoms with van der Waals surface area (Å²) >= 11 is 0. The lowest BCUT2D eigenvalue weighted by Gasteiger charge is -2.27. The van der Waals surface area contributed by atoms with Crippen molar-refractivity contribution in [2.24, 2.45) is 0 Å². The first kappa shape index (κ1) is 28.6. The van der Waals surface area contributed by atoms with E-state index in [0.717, 1.165) is 32.5 Å². The molecule has 0 aliphatic rings. The molecule has 0 aliphatic heterocycles. The molecule has 3 rings (SSSR count). The highest BCUT2D eigenvalue weighted by Gasteiger charge is 2.44.